The fourth-order valence-corrected chi connectivity index (χ4v) is 2.57. The summed E-state index contributed by atoms with van der Waals surface area (Å²) in [5.41, 5.74) is 8.31. The van der Waals surface area contributed by atoms with Gasteiger partial charge in [-0.05, 0) is 35.9 Å². The van der Waals surface area contributed by atoms with Crippen molar-refractivity contribution in [1.82, 2.24) is 4.98 Å². The topological polar surface area (TPSA) is 97.1 Å². The Hall–Kier alpha value is -3.74. The number of nitrogens with two attached hydrogens (primary N) is 1. The number of carbonyl (C=O) groups is 2. The zero-order valence-corrected chi connectivity index (χ0v) is 14.3. The molecule has 0 saturated carbocycles. The lowest BCUT2D eigenvalue weighted by atomic mass is 10.0. The molecule has 0 bridgehead atoms. The molecule has 27 heavy (non-hydrogen) atoms. The maximum absolute atomic E-state index is 12.5. The number of nitrogen functional groups attached to an aromatic ring is 1. The van der Waals surface area contributed by atoms with Crippen LogP contribution >= 0.6 is 0 Å². The van der Waals surface area contributed by atoms with Crippen LogP contribution in [0.2, 0.25) is 0 Å². The molecule has 0 aliphatic carbocycles. The highest BCUT2D eigenvalue weighted by molar-refractivity contribution is 6.03. The Kier molecular flexibility index (Phi) is 5.41. The quantitative estimate of drug-likeness (QED) is 0.645. The summed E-state index contributed by atoms with van der Waals surface area (Å²) >= 11 is 0. The summed E-state index contributed by atoms with van der Waals surface area (Å²) < 4.78 is 12.5. The highest BCUT2D eigenvalue weighted by Crippen LogP contribution is 2.29. The van der Waals surface area contributed by atoms with Crippen molar-refractivity contribution in [2.45, 2.75) is 0 Å². The van der Waals surface area contributed by atoms with E-state index in [1.54, 1.807) is 54.6 Å². The molecule has 0 aliphatic heterocycles. The number of benzene rings is 2. The number of anilines is 3. The first-order valence-corrected chi connectivity index (χ1v) is 8.16. The first kappa shape index (κ1) is 18.1. The molecule has 4 N–H and O–H groups in total. The highest BCUT2D eigenvalue weighted by atomic mass is 19.1. The third-order valence-electron chi connectivity index (χ3n) is 3.76. The zero-order valence-electron chi connectivity index (χ0n) is 14.3. The van der Waals surface area contributed by atoms with Gasteiger partial charge >= 0.3 is 0 Å². The molecule has 136 valence electrons. The second-order valence-electron chi connectivity index (χ2n) is 5.71. The fraction of sp³-hybridized carbons (Fsp3) is 0.0500. The molecular formula is C20H17FN4O2. The number of pyridine rings is 1. The predicted octanol–water partition coefficient (Wildman–Crippen LogP) is 3.49. The van der Waals surface area contributed by atoms with Crippen LogP contribution in [-0.4, -0.2) is 23.5 Å². The van der Waals surface area contributed by atoms with Crippen molar-refractivity contribution in [3.63, 3.8) is 0 Å². The molecule has 0 saturated heterocycles. The number of halogens is 1. The molecule has 1 aromatic heterocycles. The first-order valence-electron chi connectivity index (χ1n) is 8.16. The molecule has 0 fully saturated rings. The van der Waals surface area contributed by atoms with Crippen LogP contribution in [0, 0.1) is 0 Å². The maximum atomic E-state index is 12.5. The van der Waals surface area contributed by atoms with E-state index < -0.39 is 18.5 Å². The summed E-state index contributed by atoms with van der Waals surface area (Å²) in [6.45, 7) is -1.10. The largest absolute Gasteiger partial charge is 0.384 e. The van der Waals surface area contributed by atoms with E-state index in [-0.39, 0.29) is 11.5 Å². The number of para-hydroxylation sites is 1. The van der Waals surface area contributed by atoms with E-state index in [1.165, 1.54) is 0 Å². The van der Waals surface area contributed by atoms with E-state index in [0.29, 0.717) is 16.9 Å². The Balaban J connectivity index is 1.86. The van der Waals surface area contributed by atoms with E-state index in [4.69, 9.17) is 5.73 Å². The van der Waals surface area contributed by atoms with Crippen molar-refractivity contribution < 1.29 is 14.0 Å². The third kappa shape index (κ3) is 4.46. The Morgan fingerprint density at radius 1 is 0.963 bits per heavy atom. The molecule has 0 radical (unpaired) electrons. The molecule has 2 amide bonds. The van der Waals surface area contributed by atoms with Crippen LogP contribution < -0.4 is 16.4 Å². The fourth-order valence-electron chi connectivity index (χ4n) is 2.57. The van der Waals surface area contributed by atoms with Crippen LogP contribution in [0.25, 0.3) is 11.1 Å². The van der Waals surface area contributed by atoms with Crippen LogP contribution in [0.3, 0.4) is 0 Å². The van der Waals surface area contributed by atoms with Gasteiger partial charge in [0, 0.05) is 16.9 Å². The number of alkyl halides is 1. The molecule has 3 rings (SSSR count). The van der Waals surface area contributed by atoms with Crippen LogP contribution in [0.1, 0.15) is 10.5 Å². The molecule has 0 atom stereocenters. The Morgan fingerprint density at radius 3 is 2.52 bits per heavy atom. The normalized spacial score (nSPS) is 10.3. The summed E-state index contributed by atoms with van der Waals surface area (Å²) in [6.07, 6.45) is 0. The number of carbonyl (C=O) groups excluding carboxylic acids is 2. The number of amides is 2. The Morgan fingerprint density at radius 2 is 1.74 bits per heavy atom. The van der Waals surface area contributed by atoms with E-state index in [0.717, 1.165) is 5.56 Å². The summed E-state index contributed by atoms with van der Waals surface area (Å²) in [5, 5.41) is 5.29. The van der Waals surface area contributed by atoms with E-state index in [9.17, 15) is 14.0 Å². The zero-order chi connectivity index (χ0) is 19.2. The molecular weight excluding hydrogens is 347 g/mol. The lowest BCUT2D eigenvalue weighted by molar-refractivity contribution is -0.117. The molecule has 3 aromatic rings. The van der Waals surface area contributed by atoms with Crippen LogP contribution in [0.5, 0.6) is 0 Å². The average Bonchev–Trinajstić information content (AvgIpc) is 2.68. The lowest BCUT2D eigenvalue weighted by Gasteiger charge is -2.12. The number of aromatic nitrogens is 1. The average molecular weight is 364 g/mol. The summed E-state index contributed by atoms with van der Waals surface area (Å²) in [7, 11) is 0. The molecule has 7 heteroatoms. The van der Waals surface area contributed by atoms with Gasteiger partial charge in [-0.2, -0.15) is 0 Å². The summed E-state index contributed by atoms with van der Waals surface area (Å²) in [6, 6.07) is 18.9. The predicted molar refractivity (Wildman–Crippen MR) is 103 cm³/mol. The van der Waals surface area contributed by atoms with Gasteiger partial charge in [-0.3, -0.25) is 9.59 Å². The van der Waals surface area contributed by atoms with Crippen molar-refractivity contribution in [3.05, 3.63) is 72.4 Å². The number of nitrogens with zero attached hydrogens (tertiary/aromatic N) is 1. The molecule has 0 aliphatic rings. The van der Waals surface area contributed by atoms with E-state index in [2.05, 4.69) is 15.6 Å². The lowest BCUT2D eigenvalue weighted by Crippen LogP contribution is -2.14. The number of hydrogen-bond donors (Lipinski definition) is 3. The van der Waals surface area contributed by atoms with E-state index >= 15 is 0 Å². The standard InChI is InChI=1S/C20H17FN4O2/c21-12-19(26)25-16-8-2-1-7-15(16)13-5-3-6-14(11-13)23-20(27)17-9-4-10-18(22)24-17/h1-11H,12H2,(H2,22,24)(H,23,27)(H,25,26). The molecule has 0 spiro atoms. The molecule has 6 nitrogen and oxygen atoms in total. The number of nitrogens with one attached hydrogen (secondary N) is 2. The van der Waals surface area contributed by atoms with Gasteiger partial charge in [0.15, 0.2) is 6.67 Å². The smallest absolute Gasteiger partial charge is 0.274 e. The van der Waals surface area contributed by atoms with Gasteiger partial charge < -0.3 is 16.4 Å². The first-order chi connectivity index (χ1) is 13.1. The SMILES string of the molecule is Nc1cccc(C(=O)Nc2cccc(-c3ccccc3NC(=O)CF)c2)n1. The van der Waals surface area contributed by atoms with Crippen LogP contribution in [0.4, 0.5) is 21.6 Å². The van der Waals surface area contributed by atoms with Crippen molar-refractivity contribution in [1.29, 1.82) is 0 Å². The second kappa shape index (κ2) is 8.09. The van der Waals surface area contributed by atoms with Crippen LogP contribution in [0.15, 0.2) is 66.7 Å². The van der Waals surface area contributed by atoms with Crippen molar-refractivity contribution in [2.75, 3.05) is 23.0 Å². The van der Waals surface area contributed by atoms with Gasteiger partial charge in [-0.15, -0.1) is 0 Å². The van der Waals surface area contributed by atoms with Crippen molar-refractivity contribution >= 4 is 29.0 Å². The van der Waals surface area contributed by atoms with Gasteiger partial charge in [-0.1, -0.05) is 36.4 Å². The molecule has 0 unspecified atom stereocenters. The number of rotatable bonds is 5. The summed E-state index contributed by atoms with van der Waals surface area (Å²) in [5.74, 6) is -0.855. The minimum absolute atomic E-state index is 0.205. The maximum Gasteiger partial charge on any atom is 0.274 e. The van der Waals surface area contributed by atoms with E-state index in [1.807, 2.05) is 12.1 Å². The molecule has 1 heterocycles. The van der Waals surface area contributed by atoms with Gasteiger partial charge in [0.25, 0.3) is 11.8 Å². The second-order valence-corrected chi connectivity index (χ2v) is 5.71. The van der Waals surface area contributed by atoms with Gasteiger partial charge in [0.05, 0.1) is 0 Å². The minimum atomic E-state index is -1.10. The highest BCUT2D eigenvalue weighted by Gasteiger charge is 2.11. The summed E-state index contributed by atoms with van der Waals surface area (Å²) in [4.78, 5) is 27.7. The Bertz CT molecular complexity index is 991. The van der Waals surface area contributed by atoms with Gasteiger partial charge in [-0.25, -0.2) is 9.37 Å². The monoisotopic (exact) mass is 364 g/mol. The van der Waals surface area contributed by atoms with Crippen molar-refractivity contribution in [2.24, 2.45) is 0 Å². The van der Waals surface area contributed by atoms with Gasteiger partial charge in [0.2, 0.25) is 0 Å². The van der Waals surface area contributed by atoms with Crippen molar-refractivity contribution in [3.8, 4) is 11.1 Å². The Labute approximate surface area is 155 Å². The minimum Gasteiger partial charge on any atom is -0.384 e. The molecule has 2 aromatic carbocycles. The van der Waals surface area contributed by atoms with Crippen LogP contribution in [-0.2, 0) is 4.79 Å². The third-order valence-corrected chi connectivity index (χ3v) is 3.76. The number of hydrogen-bond acceptors (Lipinski definition) is 4. The van der Waals surface area contributed by atoms with Gasteiger partial charge in [0.1, 0.15) is 11.5 Å².